The van der Waals surface area contributed by atoms with E-state index >= 15 is 0 Å². The molecular formula is C70H53Br3Cl3N3O9. The normalized spacial score (nSPS) is 31.8. The van der Waals surface area contributed by atoms with Crippen molar-refractivity contribution in [3.8, 4) is 17.2 Å². The number of benzene rings is 6. The monoisotopic (exact) mass is 1420 g/mol. The standard InChI is InChI=1S/2C24H19BrClNO3.C22H15BrClNO3/c2*25-17-8-6-16(7-9-17)23-19(15-4-2-1-3-5-15)13-22(10-11-29-22)24(23,28)21-20(30-23)12-18(26)14-27-21;23-15-8-6-14(7-9-15)22-17(13-4-2-1-3-5-13)11-19(26)21(22,27)20-18(28-22)10-16(24)12-25-20/h2*1-9,12,14,19,28H,10-11,13H2;1-10,12,17,27H,11H2/t2*19-,22-,23-,24-;17-,21+,22-/m000/s1. The van der Waals surface area contributed by atoms with Crippen LogP contribution in [0.4, 0.5) is 0 Å². The molecule has 3 aromatic heterocycles. The molecule has 8 aliphatic rings. The van der Waals surface area contributed by atoms with Gasteiger partial charge in [0.1, 0.15) is 45.5 Å². The lowest BCUT2D eigenvalue weighted by Crippen LogP contribution is -2.63. The molecule has 12 nitrogen and oxygen atoms in total. The average Bonchev–Trinajstić information content (AvgIpc) is 1.51. The molecule has 2 saturated heterocycles. The fourth-order valence-electron chi connectivity index (χ4n) is 15.9. The summed E-state index contributed by atoms with van der Waals surface area (Å²) in [5.41, 5.74) is -2.87. The van der Waals surface area contributed by atoms with Gasteiger partial charge in [0.15, 0.2) is 33.8 Å². The number of carbonyl (C=O) groups excluding carboxylic acids is 1. The van der Waals surface area contributed by atoms with E-state index in [4.69, 9.17) is 58.5 Å². The highest BCUT2D eigenvalue weighted by Gasteiger charge is 2.83. The van der Waals surface area contributed by atoms with Gasteiger partial charge in [0, 0.05) is 87.2 Å². The zero-order valence-corrected chi connectivity index (χ0v) is 53.7. The van der Waals surface area contributed by atoms with Crippen LogP contribution in [0.3, 0.4) is 0 Å². The third-order valence-corrected chi connectivity index (χ3v) is 22.0. The second-order valence-corrected chi connectivity index (χ2v) is 27.8. The number of carbonyl (C=O) groups is 1. The third-order valence-electron chi connectivity index (χ3n) is 19.8. The number of aliphatic hydroxyl groups is 3. The summed E-state index contributed by atoms with van der Waals surface area (Å²) in [5.74, 6) is 0.438. The van der Waals surface area contributed by atoms with Crippen LogP contribution in [-0.4, -0.2) is 60.5 Å². The van der Waals surface area contributed by atoms with Crippen molar-refractivity contribution in [2.75, 3.05) is 13.2 Å². The number of hydrogen-bond acceptors (Lipinski definition) is 12. The smallest absolute Gasteiger partial charge is 0.213 e. The molecule has 5 fully saturated rings. The molecule has 0 bridgehead atoms. The maximum absolute atomic E-state index is 13.2. The number of pyridine rings is 3. The van der Waals surface area contributed by atoms with Gasteiger partial charge in [-0.2, -0.15) is 0 Å². The van der Waals surface area contributed by atoms with Crippen LogP contribution in [0.2, 0.25) is 15.1 Å². The predicted molar refractivity (Wildman–Crippen MR) is 342 cm³/mol. The summed E-state index contributed by atoms with van der Waals surface area (Å²) in [6.45, 7) is 1.23. The summed E-state index contributed by atoms with van der Waals surface area (Å²) < 4.78 is 35.1. The van der Waals surface area contributed by atoms with Gasteiger partial charge in [-0.25, -0.2) is 0 Å². The van der Waals surface area contributed by atoms with Gasteiger partial charge < -0.3 is 39.0 Å². The van der Waals surface area contributed by atoms with Crippen LogP contribution < -0.4 is 14.2 Å². The Morgan fingerprint density at radius 3 is 1.10 bits per heavy atom. The van der Waals surface area contributed by atoms with Gasteiger partial charge in [-0.15, -0.1) is 0 Å². The molecule has 5 aliphatic heterocycles. The zero-order valence-electron chi connectivity index (χ0n) is 46.6. The summed E-state index contributed by atoms with van der Waals surface area (Å²) in [6.07, 6.45) is 7.52. The van der Waals surface area contributed by atoms with Gasteiger partial charge in [-0.05, 0) is 82.6 Å². The van der Waals surface area contributed by atoms with Crippen molar-refractivity contribution in [1.82, 2.24) is 15.0 Å². The van der Waals surface area contributed by atoms with E-state index in [1.807, 2.05) is 140 Å². The minimum absolute atomic E-state index is 0.127. The number of nitrogens with zero attached hydrogens (tertiary/aromatic N) is 3. The lowest BCUT2D eigenvalue weighted by Gasteiger charge is -2.50. The van der Waals surface area contributed by atoms with Gasteiger partial charge >= 0.3 is 0 Å². The van der Waals surface area contributed by atoms with Crippen molar-refractivity contribution in [2.45, 2.75) is 94.7 Å². The summed E-state index contributed by atoms with van der Waals surface area (Å²) >= 11 is 29.1. The van der Waals surface area contributed by atoms with Gasteiger partial charge in [0.2, 0.25) is 5.60 Å². The Kier molecular flexibility index (Phi) is 14.1. The van der Waals surface area contributed by atoms with Crippen molar-refractivity contribution >= 4 is 88.4 Å². The molecule has 3 aliphatic carbocycles. The molecule has 6 aromatic carbocycles. The molecule has 9 aromatic rings. The number of halogens is 6. The molecule has 88 heavy (non-hydrogen) atoms. The van der Waals surface area contributed by atoms with Gasteiger partial charge in [-0.1, -0.05) is 210 Å². The van der Waals surface area contributed by atoms with Crippen LogP contribution in [0.1, 0.15) is 100 Å². The Morgan fingerprint density at radius 1 is 0.432 bits per heavy atom. The van der Waals surface area contributed by atoms with E-state index < -0.39 is 44.8 Å². The molecule has 8 heterocycles. The lowest BCUT2D eigenvalue weighted by molar-refractivity contribution is -0.270. The number of ether oxygens (including phenoxy) is 5. The van der Waals surface area contributed by atoms with Gasteiger partial charge in [0.05, 0.1) is 28.3 Å². The summed E-state index contributed by atoms with van der Waals surface area (Å²) in [4.78, 5) is 26.7. The molecule has 11 atom stereocenters. The molecule has 17 rings (SSSR count). The van der Waals surface area contributed by atoms with E-state index in [0.717, 1.165) is 54.1 Å². The second-order valence-electron chi connectivity index (χ2n) is 23.8. The van der Waals surface area contributed by atoms with Crippen LogP contribution in [-0.2, 0) is 47.9 Å². The summed E-state index contributed by atoms with van der Waals surface area (Å²) in [5, 5.41) is 38.4. The van der Waals surface area contributed by atoms with E-state index in [-0.39, 0.29) is 35.7 Å². The molecule has 3 N–H and O–H groups in total. The molecule has 0 amide bonds. The molecule has 444 valence electrons. The van der Waals surface area contributed by atoms with E-state index in [0.29, 0.717) is 75.3 Å². The van der Waals surface area contributed by atoms with Crippen molar-refractivity contribution in [1.29, 1.82) is 0 Å². The van der Waals surface area contributed by atoms with Crippen LogP contribution >= 0.6 is 82.6 Å². The summed E-state index contributed by atoms with van der Waals surface area (Å²) in [7, 11) is 0. The zero-order chi connectivity index (χ0) is 60.6. The van der Waals surface area contributed by atoms with Crippen LogP contribution in [0.15, 0.2) is 214 Å². The number of ketones is 1. The Morgan fingerprint density at radius 2 is 0.750 bits per heavy atom. The summed E-state index contributed by atoms with van der Waals surface area (Å²) in [6, 6.07) is 58.7. The number of rotatable bonds is 6. The maximum atomic E-state index is 13.2. The topological polar surface area (TPSA) is 163 Å². The minimum Gasteiger partial charge on any atom is -0.476 e. The van der Waals surface area contributed by atoms with E-state index in [1.165, 1.54) is 6.20 Å². The van der Waals surface area contributed by atoms with Crippen LogP contribution in [0.5, 0.6) is 17.2 Å². The quantitative estimate of drug-likeness (QED) is 0.145. The Balaban J connectivity index is 0.000000111. The number of hydrogen-bond donors (Lipinski definition) is 3. The molecule has 18 heteroatoms. The second kappa shape index (κ2) is 21.3. The Hall–Kier alpha value is -6.05. The highest BCUT2D eigenvalue weighted by molar-refractivity contribution is 9.11. The number of fused-ring (bicyclic) bond motifs is 11. The highest BCUT2D eigenvalue weighted by Crippen LogP contribution is 2.75. The average molecular weight is 1430 g/mol. The van der Waals surface area contributed by atoms with E-state index in [2.05, 4.69) is 87.0 Å². The SMILES string of the molecule is O=C1C[C@@H](c2ccccc2)[C@]2(c3ccc(Br)cc3)Oc3cc(Cl)cnc3[C@]12O.O[C@]12c3ncc(Cl)cc3O[C@@]1(c1ccc(Br)cc1)[C@H](c1ccccc1)C[C@@]21CCO1.O[C@]12c3ncc(Cl)cc3O[C@@]1(c1ccc(Br)cc1)[C@H](c1ccccc1)C[C@@]21CCO1. The molecular weight excluding hydrogens is 1370 g/mol. The predicted octanol–water partition coefficient (Wildman–Crippen LogP) is 15.4. The van der Waals surface area contributed by atoms with Crippen molar-refractivity contribution in [3.63, 3.8) is 0 Å². The first-order chi connectivity index (χ1) is 42.5. The minimum atomic E-state index is -1.89. The molecule has 0 radical (unpaired) electrons. The fourth-order valence-corrected chi connectivity index (χ4v) is 17.2. The Labute approximate surface area is 547 Å². The highest BCUT2D eigenvalue weighted by atomic mass is 79.9. The largest absolute Gasteiger partial charge is 0.476 e. The van der Waals surface area contributed by atoms with E-state index in [9.17, 15) is 20.1 Å². The number of aromatic nitrogens is 3. The maximum Gasteiger partial charge on any atom is 0.213 e. The Bertz CT molecular complexity index is 4030. The van der Waals surface area contributed by atoms with Gasteiger partial charge in [0.25, 0.3) is 0 Å². The van der Waals surface area contributed by atoms with Crippen molar-refractivity contribution < 1.29 is 43.8 Å². The lowest BCUT2D eigenvalue weighted by atomic mass is 9.68. The van der Waals surface area contributed by atoms with Crippen molar-refractivity contribution in [2.24, 2.45) is 0 Å². The fraction of sp³-hybridized carbons (Fsp3) is 0.257. The molecule has 0 unspecified atom stereocenters. The number of Topliss-reactive ketones (excluding diaryl/α,β-unsaturated/α-hetero) is 1. The molecule has 2 spiro atoms. The first kappa shape index (κ1) is 58.3. The first-order valence-corrected chi connectivity index (χ1v) is 32.4. The van der Waals surface area contributed by atoms with Crippen molar-refractivity contribution in [3.05, 3.63) is 280 Å². The first-order valence-electron chi connectivity index (χ1n) is 28.9. The third kappa shape index (κ3) is 8.04. The van der Waals surface area contributed by atoms with E-state index in [1.54, 1.807) is 30.6 Å². The van der Waals surface area contributed by atoms with Gasteiger partial charge in [-0.3, -0.25) is 19.7 Å². The van der Waals surface area contributed by atoms with Crippen LogP contribution in [0, 0.1) is 0 Å². The molecule has 3 saturated carbocycles. The van der Waals surface area contributed by atoms with Crippen LogP contribution in [0.25, 0.3) is 0 Å².